The maximum Gasteiger partial charge on any atom is 0.306 e. The first-order valence-electron chi connectivity index (χ1n) is 28.2. The number of unbranched alkanes of at least 4 members (excludes halogenated alkanes) is 16. The molecule has 0 aromatic rings. The van der Waals surface area contributed by atoms with Crippen LogP contribution in [0, 0.1) is 0 Å². The third-order valence-corrected chi connectivity index (χ3v) is 11.4. The number of hydrogen-bond acceptors (Lipinski definition) is 6. The molecule has 0 fully saturated rings. The van der Waals surface area contributed by atoms with Crippen LogP contribution in [-0.4, -0.2) is 37.2 Å². The molecule has 0 saturated heterocycles. The van der Waals surface area contributed by atoms with Gasteiger partial charge in [0.05, 0.1) is 0 Å². The van der Waals surface area contributed by atoms with Crippen LogP contribution in [-0.2, 0) is 28.6 Å². The Morgan fingerprint density at radius 3 is 0.871 bits per heavy atom. The first kappa shape index (κ1) is 65.5. The lowest BCUT2D eigenvalue weighted by atomic mass is 10.1. The van der Waals surface area contributed by atoms with Crippen LogP contribution < -0.4 is 0 Å². The summed E-state index contributed by atoms with van der Waals surface area (Å²) in [7, 11) is 0. The van der Waals surface area contributed by atoms with Crippen LogP contribution in [0.4, 0.5) is 0 Å². The predicted octanol–water partition coefficient (Wildman–Crippen LogP) is 19.0. The van der Waals surface area contributed by atoms with Crippen molar-refractivity contribution in [3.05, 3.63) is 134 Å². The number of allylic oxidation sites excluding steroid dienone is 22. The van der Waals surface area contributed by atoms with Crippen LogP contribution >= 0.6 is 0 Å². The monoisotopic (exact) mass is 967 g/mol. The van der Waals surface area contributed by atoms with E-state index < -0.39 is 6.10 Å². The van der Waals surface area contributed by atoms with E-state index in [4.69, 9.17) is 14.2 Å². The standard InChI is InChI=1S/C64H102O6/c1-4-7-10-13-16-19-22-25-28-29-30-31-32-33-34-35-37-39-42-45-48-51-54-57-63(66)69-60-61(59-68-62(65)56-53-50-47-44-41-38-27-24-21-18-15-12-9-6-3)70-64(67)58-55-52-49-46-43-40-36-26-23-20-17-14-11-8-5-2/h7-8,10-11,15-20,24-28,30-31,33-34,36-37,39,61H,4-6,9,12-14,21-23,29,32,35,38,40-60H2,1-3H3/b10-7-,11-8-,18-15-,19-16-,20-17-,27-24-,28-25-,31-30-,34-33-,36-26-,39-37-. The average Bonchev–Trinajstić information content (AvgIpc) is 3.36. The van der Waals surface area contributed by atoms with Gasteiger partial charge in [0.25, 0.3) is 0 Å². The normalized spacial score (nSPS) is 13.1. The molecule has 1 atom stereocenters. The van der Waals surface area contributed by atoms with Crippen molar-refractivity contribution in [3.63, 3.8) is 0 Å². The molecule has 394 valence electrons. The van der Waals surface area contributed by atoms with Gasteiger partial charge < -0.3 is 14.2 Å². The van der Waals surface area contributed by atoms with E-state index in [9.17, 15) is 14.4 Å². The fourth-order valence-electron chi connectivity index (χ4n) is 7.18. The SMILES string of the molecule is CC/C=C\C/C=C\C/C=C\C/C=C\C/C=C\C/C=C\CCCCCCC(=O)OCC(COC(=O)CCCCCCC/C=C\C/C=C\CCCC)OC(=O)CCCCCCC/C=C\C/C=C\C/C=C\CC. The van der Waals surface area contributed by atoms with Gasteiger partial charge in [-0.15, -0.1) is 0 Å². The topological polar surface area (TPSA) is 78.9 Å². The molecule has 0 amide bonds. The van der Waals surface area contributed by atoms with E-state index in [1.807, 2.05) is 0 Å². The molecule has 0 radical (unpaired) electrons. The molecule has 0 aromatic heterocycles. The zero-order valence-corrected chi connectivity index (χ0v) is 45.0. The number of rotatable bonds is 49. The van der Waals surface area contributed by atoms with E-state index in [1.165, 1.54) is 19.3 Å². The molecule has 0 saturated carbocycles. The number of carbonyl (C=O) groups excluding carboxylic acids is 3. The largest absolute Gasteiger partial charge is 0.462 e. The van der Waals surface area contributed by atoms with Crippen LogP contribution in [0.1, 0.15) is 233 Å². The Kier molecular flexibility index (Phi) is 53.5. The molecule has 0 rings (SSSR count). The minimum atomic E-state index is -0.809. The molecule has 70 heavy (non-hydrogen) atoms. The van der Waals surface area contributed by atoms with Gasteiger partial charge in [0.15, 0.2) is 6.10 Å². The van der Waals surface area contributed by atoms with E-state index >= 15 is 0 Å². The summed E-state index contributed by atoms with van der Waals surface area (Å²) in [4.78, 5) is 38.1. The fourth-order valence-corrected chi connectivity index (χ4v) is 7.18. The van der Waals surface area contributed by atoms with Gasteiger partial charge in [-0.3, -0.25) is 14.4 Å². The van der Waals surface area contributed by atoms with Crippen LogP contribution in [0.3, 0.4) is 0 Å². The van der Waals surface area contributed by atoms with Gasteiger partial charge in [-0.2, -0.15) is 0 Å². The van der Waals surface area contributed by atoms with Gasteiger partial charge in [-0.1, -0.05) is 219 Å². The summed E-state index contributed by atoms with van der Waals surface area (Å²) >= 11 is 0. The number of carbonyl (C=O) groups is 3. The van der Waals surface area contributed by atoms with Crippen LogP contribution in [0.25, 0.3) is 0 Å². The molecule has 1 unspecified atom stereocenters. The van der Waals surface area contributed by atoms with Gasteiger partial charge in [0.2, 0.25) is 0 Å². The van der Waals surface area contributed by atoms with Crippen molar-refractivity contribution in [3.8, 4) is 0 Å². The third kappa shape index (κ3) is 54.5. The lowest BCUT2D eigenvalue weighted by molar-refractivity contribution is -0.167. The van der Waals surface area contributed by atoms with Gasteiger partial charge >= 0.3 is 17.9 Å². The van der Waals surface area contributed by atoms with E-state index in [2.05, 4.69) is 154 Å². The number of esters is 3. The summed E-state index contributed by atoms with van der Waals surface area (Å²) in [5, 5.41) is 0. The quantitative estimate of drug-likeness (QED) is 0.0262. The second kappa shape index (κ2) is 57.1. The van der Waals surface area contributed by atoms with Crippen molar-refractivity contribution >= 4 is 17.9 Å². The zero-order valence-electron chi connectivity index (χ0n) is 45.0. The summed E-state index contributed by atoms with van der Waals surface area (Å²) in [6, 6.07) is 0. The van der Waals surface area contributed by atoms with Crippen molar-refractivity contribution in [2.45, 2.75) is 239 Å². The molecule has 6 heteroatoms. The molecule has 6 nitrogen and oxygen atoms in total. The van der Waals surface area contributed by atoms with E-state index in [-0.39, 0.29) is 31.1 Å². The highest BCUT2D eigenvalue weighted by Gasteiger charge is 2.19. The number of ether oxygens (including phenoxy) is 3. The Morgan fingerprint density at radius 1 is 0.300 bits per heavy atom. The van der Waals surface area contributed by atoms with E-state index in [0.717, 1.165) is 173 Å². The molecule has 0 spiro atoms. The first-order valence-corrected chi connectivity index (χ1v) is 28.2. The smallest absolute Gasteiger partial charge is 0.306 e. The van der Waals surface area contributed by atoms with Gasteiger partial charge in [0, 0.05) is 19.3 Å². The Labute approximate surface area is 430 Å². The summed E-state index contributed by atoms with van der Waals surface area (Å²) in [5.41, 5.74) is 0. The van der Waals surface area contributed by atoms with Gasteiger partial charge in [-0.05, 0) is 128 Å². The summed E-state index contributed by atoms with van der Waals surface area (Å²) < 4.78 is 16.8. The zero-order chi connectivity index (χ0) is 50.7. The summed E-state index contributed by atoms with van der Waals surface area (Å²) in [6.07, 6.45) is 80.1. The highest BCUT2D eigenvalue weighted by Crippen LogP contribution is 2.13. The minimum absolute atomic E-state index is 0.105. The Hall–Kier alpha value is -4.45. The average molecular weight is 968 g/mol. The third-order valence-electron chi connectivity index (χ3n) is 11.4. The summed E-state index contributed by atoms with van der Waals surface area (Å²) in [5.74, 6) is -0.967. The van der Waals surface area contributed by atoms with Crippen molar-refractivity contribution in [2.24, 2.45) is 0 Å². The van der Waals surface area contributed by atoms with Crippen molar-refractivity contribution < 1.29 is 28.6 Å². The molecule has 0 aromatic carbocycles. The van der Waals surface area contributed by atoms with Gasteiger partial charge in [0.1, 0.15) is 13.2 Å². The lowest BCUT2D eigenvalue weighted by Crippen LogP contribution is -2.30. The molecule has 0 heterocycles. The fraction of sp³-hybridized carbons (Fsp3) is 0.609. The molecule has 0 N–H and O–H groups in total. The van der Waals surface area contributed by atoms with Crippen LogP contribution in [0.2, 0.25) is 0 Å². The maximum absolute atomic E-state index is 12.8. The molecular formula is C64H102O6. The highest BCUT2D eigenvalue weighted by molar-refractivity contribution is 5.71. The second-order valence-electron chi connectivity index (χ2n) is 18.1. The second-order valence-corrected chi connectivity index (χ2v) is 18.1. The Morgan fingerprint density at radius 2 is 0.557 bits per heavy atom. The molecule has 0 aliphatic rings. The molecular weight excluding hydrogens is 865 g/mol. The van der Waals surface area contributed by atoms with Gasteiger partial charge in [-0.25, -0.2) is 0 Å². The molecule has 0 bridgehead atoms. The number of hydrogen-bond donors (Lipinski definition) is 0. The van der Waals surface area contributed by atoms with E-state index in [0.29, 0.717) is 19.3 Å². The molecule has 0 aliphatic carbocycles. The Balaban J connectivity index is 4.47. The lowest BCUT2D eigenvalue weighted by Gasteiger charge is -2.18. The highest BCUT2D eigenvalue weighted by atomic mass is 16.6. The van der Waals surface area contributed by atoms with Crippen molar-refractivity contribution in [2.75, 3.05) is 13.2 Å². The van der Waals surface area contributed by atoms with E-state index in [1.54, 1.807) is 0 Å². The van der Waals surface area contributed by atoms with Crippen molar-refractivity contribution in [1.29, 1.82) is 0 Å². The van der Waals surface area contributed by atoms with Crippen molar-refractivity contribution in [1.82, 2.24) is 0 Å². The minimum Gasteiger partial charge on any atom is -0.462 e. The maximum atomic E-state index is 12.8. The van der Waals surface area contributed by atoms with Crippen LogP contribution in [0.5, 0.6) is 0 Å². The van der Waals surface area contributed by atoms with Crippen LogP contribution in [0.15, 0.2) is 134 Å². The predicted molar refractivity (Wildman–Crippen MR) is 302 cm³/mol. The first-order chi connectivity index (χ1) is 34.5. The molecule has 0 aliphatic heterocycles. The Bertz CT molecular complexity index is 1530. The summed E-state index contributed by atoms with van der Waals surface area (Å²) in [6.45, 7) is 6.31.